The zero-order chi connectivity index (χ0) is 17.0. The third-order valence-corrected chi connectivity index (χ3v) is 3.21. The molecule has 2 N–H and O–H groups in total. The van der Waals surface area contributed by atoms with E-state index in [1.165, 1.54) is 36.4 Å². The Morgan fingerprint density at radius 1 is 1.13 bits per heavy atom. The van der Waals surface area contributed by atoms with Gasteiger partial charge in [-0.25, -0.2) is 0 Å². The van der Waals surface area contributed by atoms with Crippen LogP contribution in [-0.2, 0) is 0 Å². The van der Waals surface area contributed by atoms with Gasteiger partial charge >= 0.3 is 0 Å². The number of carbonyl (C=O) groups excluding carboxylic acids is 1. The number of rotatable bonds is 5. The maximum Gasteiger partial charge on any atom is 0.201 e. The summed E-state index contributed by atoms with van der Waals surface area (Å²) in [6, 6.07) is 10.9. The van der Waals surface area contributed by atoms with Crippen molar-refractivity contribution in [3.05, 3.63) is 53.1 Å². The molecular formula is C18H17NO4. The molecule has 5 heteroatoms. The fourth-order valence-corrected chi connectivity index (χ4v) is 1.97. The van der Waals surface area contributed by atoms with Gasteiger partial charge in [-0.3, -0.25) is 4.79 Å². The number of phenols is 2. The van der Waals surface area contributed by atoms with Gasteiger partial charge in [0.25, 0.3) is 0 Å². The first-order chi connectivity index (χ1) is 10.9. The van der Waals surface area contributed by atoms with E-state index in [9.17, 15) is 15.0 Å². The lowest BCUT2D eigenvalue weighted by molar-refractivity contribution is 0.103. The highest BCUT2D eigenvalue weighted by molar-refractivity contribution is 6.11. The second-order valence-electron chi connectivity index (χ2n) is 5.53. The highest BCUT2D eigenvalue weighted by Gasteiger charge is 2.19. The molecule has 118 valence electrons. The van der Waals surface area contributed by atoms with Gasteiger partial charge < -0.3 is 14.9 Å². The zero-order valence-electron chi connectivity index (χ0n) is 12.9. The molecule has 0 aromatic heterocycles. The largest absolute Gasteiger partial charge is 0.504 e. The van der Waals surface area contributed by atoms with Crippen molar-refractivity contribution in [3.8, 4) is 23.3 Å². The molecule has 0 aliphatic heterocycles. The summed E-state index contributed by atoms with van der Waals surface area (Å²) in [5, 5.41) is 28.8. The van der Waals surface area contributed by atoms with Crippen LogP contribution in [0.2, 0.25) is 0 Å². The fourth-order valence-electron chi connectivity index (χ4n) is 1.97. The van der Waals surface area contributed by atoms with Crippen LogP contribution < -0.4 is 4.74 Å². The summed E-state index contributed by atoms with van der Waals surface area (Å²) in [6.07, 6.45) is 0. The normalized spacial score (nSPS) is 10.3. The predicted molar refractivity (Wildman–Crippen MR) is 84.7 cm³/mol. The molecule has 0 aliphatic rings. The Hall–Kier alpha value is -3.00. The molecule has 0 heterocycles. The van der Waals surface area contributed by atoms with E-state index in [1.54, 1.807) is 0 Å². The molecule has 0 saturated heterocycles. The summed E-state index contributed by atoms with van der Waals surface area (Å²) in [7, 11) is 0. The van der Waals surface area contributed by atoms with Crippen LogP contribution in [0, 0.1) is 17.2 Å². The number of nitriles is 1. The quantitative estimate of drug-likeness (QED) is 0.653. The summed E-state index contributed by atoms with van der Waals surface area (Å²) in [5.74, 6) is -1.02. The molecule has 0 spiro atoms. The van der Waals surface area contributed by atoms with E-state index in [4.69, 9.17) is 10.00 Å². The van der Waals surface area contributed by atoms with E-state index in [0.717, 1.165) is 0 Å². The number of aromatic hydroxyl groups is 2. The SMILES string of the molecule is CC(C)COc1ccc(C(=O)c2ccc(C#N)cc2)c(O)c1O. The molecule has 0 unspecified atom stereocenters. The second kappa shape index (κ2) is 6.84. The molecule has 0 bridgehead atoms. The predicted octanol–water partition coefficient (Wildman–Crippen LogP) is 3.24. The van der Waals surface area contributed by atoms with Gasteiger partial charge in [-0.1, -0.05) is 13.8 Å². The minimum absolute atomic E-state index is 0.0240. The second-order valence-corrected chi connectivity index (χ2v) is 5.53. The number of nitrogens with zero attached hydrogens (tertiary/aromatic N) is 1. The molecular weight excluding hydrogens is 294 g/mol. The van der Waals surface area contributed by atoms with Crippen molar-refractivity contribution in [1.29, 1.82) is 5.26 Å². The molecule has 0 fully saturated rings. The lowest BCUT2D eigenvalue weighted by atomic mass is 10.0. The standard InChI is InChI=1S/C18H17NO4/c1-11(2)10-23-15-8-7-14(17(21)18(15)22)16(20)13-5-3-12(9-19)4-6-13/h3-8,11,21-22H,10H2,1-2H3. The Balaban J connectivity index is 2.30. The molecule has 0 aliphatic carbocycles. The maximum atomic E-state index is 12.4. The van der Waals surface area contributed by atoms with Gasteiger partial charge in [0.2, 0.25) is 5.75 Å². The van der Waals surface area contributed by atoms with Crippen molar-refractivity contribution in [2.75, 3.05) is 6.61 Å². The Kier molecular flexibility index (Phi) is 4.87. The highest BCUT2D eigenvalue weighted by atomic mass is 16.5. The van der Waals surface area contributed by atoms with Gasteiger partial charge in [0, 0.05) is 5.56 Å². The Labute approximate surface area is 134 Å². The molecule has 0 atom stereocenters. The first-order valence-corrected chi connectivity index (χ1v) is 7.16. The smallest absolute Gasteiger partial charge is 0.201 e. The number of benzene rings is 2. The van der Waals surface area contributed by atoms with Crippen molar-refractivity contribution in [2.45, 2.75) is 13.8 Å². The van der Waals surface area contributed by atoms with Gasteiger partial charge in [-0.05, 0) is 42.3 Å². The van der Waals surface area contributed by atoms with Crippen LogP contribution >= 0.6 is 0 Å². The summed E-state index contributed by atoms with van der Waals surface area (Å²) in [5.41, 5.74) is 0.727. The minimum Gasteiger partial charge on any atom is -0.504 e. The molecule has 23 heavy (non-hydrogen) atoms. The van der Waals surface area contributed by atoms with E-state index in [2.05, 4.69) is 0 Å². The molecule has 0 amide bonds. The number of ketones is 1. The number of carbonyl (C=O) groups is 1. The summed E-state index contributed by atoms with van der Waals surface area (Å²) >= 11 is 0. The summed E-state index contributed by atoms with van der Waals surface area (Å²) < 4.78 is 5.39. The summed E-state index contributed by atoms with van der Waals surface area (Å²) in [6.45, 7) is 4.30. The zero-order valence-corrected chi connectivity index (χ0v) is 12.9. The van der Waals surface area contributed by atoms with E-state index >= 15 is 0 Å². The van der Waals surface area contributed by atoms with Crippen molar-refractivity contribution in [1.82, 2.24) is 0 Å². The maximum absolute atomic E-state index is 12.4. The van der Waals surface area contributed by atoms with E-state index in [0.29, 0.717) is 17.7 Å². The number of hydrogen-bond donors (Lipinski definition) is 2. The van der Waals surface area contributed by atoms with Gasteiger partial charge in [-0.2, -0.15) is 5.26 Å². The topological polar surface area (TPSA) is 90.6 Å². The molecule has 2 aromatic carbocycles. The van der Waals surface area contributed by atoms with Crippen LogP contribution in [0.25, 0.3) is 0 Å². The third kappa shape index (κ3) is 3.61. The van der Waals surface area contributed by atoms with E-state index in [1.807, 2.05) is 19.9 Å². The molecule has 2 rings (SSSR count). The van der Waals surface area contributed by atoms with Crippen molar-refractivity contribution < 1.29 is 19.7 Å². The highest BCUT2D eigenvalue weighted by Crippen LogP contribution is 2.39. The molecule has 5 nitrogen and oxygen atoms in total. The lowest BCUT2D eigenvalue weighted by Crippen LogP contribution is -2.06. The minimum atomic E-state index is -0.513. The molecule has 0 saturated carbocycles. The van der Waals surface area contributed by atoms with Gasteiger partial charge in [-0.15, -0.1) is 0 Å². The first-order valence-electron chi connectivity index (χ1n) is 7.16. The number of ether oxygens (including phenoxy) is 1. The van der Waals surface area contributed by atoms with Crippen LogP contribution in [0.1, 0.15) is 35.3 Å². The lowest BCUT2D eigenvalue weighted by Gasteiger charge is -2.13. The Morgan fingerprint density at radius 2 is 1.78 bits per heavy atom. The van der Waals surface area contributed by atoms with Crippen LogP contribution in [0.4, 0.5) is 0 Å². The van der Waals surface area contributed by atoms with Gasteiger partial charge in [0.05, 0.1) is 23.8 Å². The first kappa shape index (κ1) is 16.4. The molecule has 0 radical (unpaired) electrons. The van der Waals surface area contributed by atoms with Crippen molar-refractivity contribution in [3.63, 3.8) is 0 Å². The van der Waals surface area contributed by atoms with Crippen LogP contribution in [0.5, 0.6) is 17.2 Å². The van der Waals surface area contributed by atoms with Crippen LogP contribution in [0.15, 0.2) is 36.4 Å². The average Bonchev–Trinajstić information content (AvgIpc) is 2.55. The van der Waals surface area contributed by atoms with Crippen LogP contribution in [0.3, 0.4) is 0 Å². The van der Waals surface area contributed by atoms with Crippen molar-refractivity contribution in [2.24, 2.45) is 5.92 Å². The van der Waals surface area contributed by atoms with E-state index in [-0.39, 0.29) is 17.2 Å². The fraction of sp³-hybridized carbons (Fsp3) is 0.222. The molecule has 2 aromatic rings. The van der Waals surface area contributed by atoms with Crippen molar-refractivity contribution >= 4 is 5.78 Å². The van der Waals surface area contributed by atoms with Gasteiger partial charge in [0.1, 0.15) is 0 Å². The average molecular weight is 311 g/mol. The monoisotopic (exact) mass is 311 g/mol. The third-order valence-electron chi connectivity index (χ3n) is 3.21. The summed E-state index contributed by atoms with van der Waals surface area (Å²) in [4.78, 5) is 12.4. The number of phenolic OH excluding ortho intramolecular Hbond substituents is 2. The Bertz CT molecular complexity index is 758. The Morgan fingerprint density at radius 3 is 2.35 bits per heavy atom. The van der Waals surface area contributed by atoms with E-state index < -0.39 is 17.3 Å². The van der Waals surface area contributed by atoms with Gasteiger partial charge in [0.15, 0.2) is 17.3 Å². The number of hydrogen-bond acceptors (Lipinski definition) is 5. The van der Waals surface area contributed by atoms with Crippen LogP contribution in [-0.4, -0.2) is 22.6 Å².